The van der Waals surface area contributed by atoms with Gasteiger partial charge < -0.3 is 10.1 Å². The number of hydrogen-bond donors (Lipinski definition) is 1. The standard InChI is InChI=1S/C14H16F5NO/c15-13(16)21-8-12-6-3-10(7-20-12)9-1-4-11(5-2-9)14(17,18)19/h1-2,4-5,10,12-13,20H,3,6-8H2/t10-,12-/m0/s1. The third kappa shape index (κ3) is 4.64. The number of rotatable bonds is 4. The van der Waals surface area contributed by atoms with Crippen LogP contribution in [0.25, 0.3) is 0 Å². The third-order valence-corrected chi connectivity index (χ3v) is 3.65. The summed E-state index contributed by atoms with van der Waals surface area (Å²) in [5.74, 6) is 0.0927. The lowest BCUT2D eigenvalue weighted by atomic mass is 9.88. The number of piperidine rings is 1. The van der Waals surface area contributed by atoms with Gasteiger partial charge >= 0.3 is 12.8 Å². The van der Waals surface area contributed by atoms with E-state index >= 15 is 0 Å². The van der Waals surface area contributed by atoms with Crippen LogP contribution in [0.3, 0.4) is 0 Å². The Morgan fingerprint density at radius 3 is 2.29 bits per heavy atom. The minimum atomic E-state index is -4.33. The molecule has 1 aromatic carbocycles. The molecule has 21 heavy (non-hydrogen) atoms. The summed E-state index contributed by atoms with van der Waals surface area (Å²) in [7, 11) is 0. The van der Waals surface area contributed by atoms with Gasteiger partial charge in [0.1, 0.15) is 0 Å². The minimum Gasteiger partial charge on any atom is -0.321 e. The van der Waals surface area contributed by atoms with Gasteiger partial charge in [0.25, 0.3) is 0 Å². The Morgan fingerprint density at radius 1 is 1.14 bits per heavy atom. The van der Waals surface area contributed by atoms with Crippen LogP contribution in [0.4, 0.5) is 22.0 Å². The molecule has 0 amide bonds. The van der Waals surface area contributed by atoms with Crippen LogP contribution >= 0.6 is 0 Å². The van der Waals surface area contributed by atoms with Crippen LogP contribution in [0.2, 0.25) is 0 Å². The van der Waals surface area contributed by atoms with Gasteiger partial charge in [-0.05, 0) is 36.5 Å². The van der Waals surface area contributed by atoms with E-state index in [1.54, 1.807) is 0 Å². The predicted molar refractivity (Wildman–Crippen MR) is 67.2 cm³/mol. The van der Waals surface area contributed by atoms with E-state index in [0.717, 1.165) is 24.1 Å². The molecular formula is C14H16F5NO. The molecule has 0 saturated carbocycles. The van der Waals surface area contributed by atoms with Gasteiger partial charge in [0.05, 0.1) is 12.2 Å². The fourth-order valence-corrected chi connectivity index (χ4v) is 2.48. The summed E-state index contributed by atoms with van der Waals surface area (Å²) in [5, 5.41) is 3.09. The van der Waals surface area contributed by atoms with Crippen LogP contribution in [-0.4, -0.2) is 25.8 Å². The number of benzene rings is 1. The second kappa shape index (κ2) is 6.70. The molecule has 0 aromatic heterocycles. The quantitative estimate of drug-likeness (QED) is 0.855. The first-order valence-electron chi connectivity index (χ1n) is 6.66. The third-order valence-electron chi connectivity index (χ3n) is 3.65. The topological polar surface area (TPSA) is 21.3 Å². The second-order valence-corrected chi connectivity index (χ2v) is 5.09. The van der Waals surface area contributed by atoms with Crippen molar-refractivity contribution in [2.24, 2.45) is 0 Å². The van der Waals surface area contributed by atoms with Crippen LogP contribution in [0, 0.1) is 0 Å². The summed E-state index contributed by atoms with van der Waals surface area (Å²) in [4.78, 5) is 0. The molecule has 0 aliphatic carbocycles. The summed E-state index contributed by atoms with van der Waals surface area (Å²) in [6, 6.07) is 4.96. The molecule has 1 aliphatic rings. The highest BCUT2D eigenvalue weighted by Gasteiger charge is 2.30. The molecule has 1 heterocycles. The Bertz CT molecular complexity index is 438. The van der Waals surface area contributed by atoms with Gasteiger partial charge in [-0.25, -0.2) is 0 Å². The summed E-state index contributed by atoms with van der Waals surface area (Å²) in [6.07, 6.45) is -2.95. The van der Waals surface area contributed by atoms with Crippen molar-refractivity contribution in [2.45, 2.75) is 37.6 Å². The maximum Gasteiger partial charge on any atom is 0.416 e. The van der Waals surface area contributed by atoms with E-state index in [-0.39, 0.29) is 18.6 Å². The second-order valence-electron chi connectivity index (χ2n) is 5.09. The van der Waals surface area contributed by atoms with Gasteiger partial charge in [0, 0.05) is 12.6 Å². The first-order valence-corrected chi connectivity index (χ1v) is 6.66. The molecule has 0 spiro atoms. The van der Waals surface area contributed by atoms with Crippen molar-refractivity contribution >= 4 is 0 Å². The lowest BCUT2D eigenvalue weighted by Crippen LogP contribution is -2.41. The van der Waals surface area contributed by atoms with Crippen molar-refractivity contribution in [3.05, 3.63) is 35.4 Å². The van der Waals surface area contributed by atoms with Crippen LogP contribution < -0.4 is 5.32 Å². The largest absolute Gasteiger partial charge is 0.416 e. The zero-order chi connectivity index (χ0) is 15.5. The molecule has 2 atom stereocenters. The zero-order valence-corrected chi connectivity index (χ0v) is 11.2. The minimum absolute atomic E-state index is 0.0581. The molecule has 0 bridgehead atoms. The summed E-state index contributed by atoms with van der Waals surface area (Å²) < 4.78 is 65.5. The van der Waals surface area contributed by atoms with E-state index in [1.165, 1.54) is 12.1 Å². The van der Waals surface area contributed by atoms with Crippen molar-refractivity contribution in [3.63, 3.8) is 0 Å². The average molecular weight is 309 g/mol. The Balaban J connectivity index is 1.87. The number of alkyl halides is 5. The van der Waals surface area contributed by atoms with Gasteiger partial charge in [0.15, 0.2) is 0 Å². The first-order chi connectivity index (χ1) is 9.86. The Labute approximate surface area is 119 Å². The Hall–Kier alpha value is -1.21. The van der Waals surface area contributed by atoms with E-state index in [9.17, 15) is 22.0 Å². The monoisotopic (exact) mass is 309 g/mol. The van der Waals surface area contributed by atoms with Gasteiger partial charge in [-0.2, -0.15) is 22.0 Å². The fraction of sp³-hybridized carbons (Fsp3) is 0.571. The molecule has 1 aliphatic heterocycles. The number of ether oxygens (including phenoxy) is 1. The molecular weight excluding hydrogens is 293 g/mol. The molecule has 1 aromatic rings. The highest BCUT2D eigenvalue weighted by Crippen LogP contribution is 2.31. The summed E-state index contributed by atoms with van der Waals surface area (Å²) >= 11 is 0. The van der Waals surface area contributed by atoms with Gasteiger partial charge in [-0.1, -0.05) is 12.1 Å². The fourth-order valence-electron chi connectivity index (χ4n) is 2.48. The van der Waals surface area contributed by atoms with Gasteiger partial charge in [-0.3, -0.25) is 0 Å². The zero-order valence-electron chi connectivity index (χ0n) is 11.2. The van der Waals surface area contributed by atoms with Crippen LogP contribution in [0.5, 0.6) is 0 Å². The van der Waals surface area contributed by atoms with Crippen molar-refractivity contribution in [1.29, 1.82) is 0 Å². The Morgan fingerprint density at radius 2 is 1.81 bits per heavy atom. The maximum absolute atomic E-state index is 12.5. The van der Waals surface area contributed by atoms with E-state index in [4.69, 9.17) is 0 Å². The molecule has 2 nitrogen and oxygen atoms in total. The Kier molecular flexibility index (Phi) is 5.16. The van der Waals surface area contributed by atoms with Crippen LogP contribution in [0.15, 0.2) is 24.3 Å². The molecule has 118 valence electrons. The van der Waals surface area contributed by atoms with Crippen molar-refractivity contribution < 1.29 is 26.7 Å². The van der Waals surface area contributed by atoms with Crippen molar-refractivity contribution in [1.82, 2.24) is 5.32 Å². The van der Waals surface area contributed by atoms with Gasteiger partial charge in [0.2, 0.25) is 0 Å². The molecule has 2 rings (SSSR count). The highest BCUT2D eigenvalue weighted by atomic mass is 19.4. The molecule has 0 radical (unpaired) electrons. The molecule has 0 unspecified atom stereocenters. The number of halogens is 5. The molecule has 1 fully saturated rings. The summed E-state index contributed by atoms with van der Waals surface area (Å²) in [5.41, 5.74) is 0.155. The van der Waals surface area contributed by atoms with Crippen molar-refractivity contribution in [2.75, 3.05) is 13.2 Å². The van der Waals surface area contributed by atoms with Crippen LogP contribution in [-0.2, 0) is 10.9 Å². The molecule has 1 saturated heterocycles. The molecule has 1 N–H and O–H groups in total. The lowest BCUT2D eigenvalue weighted by Gasteiger charge is -2.30. The predicted octanol–water partition coefficient (Wildman–Crippen LogP) is 3.78. The lowest BCUT2D eigenvalue weighted by molar-refractivity contribution is -0.137. The van der Waals surface area contributed by atoms with E-state index in [2.05, 4.69) is 10.1 Å². The normalized spacial score (nSPS) is 23.5. The maximum atomic E-state index is 12.5. The van der Waals surface area contributed by atoms with E-state index < -0.39 is 18.4 Å². The summed E-state index contributed by atoms with van der Waals surface area (Å²) in [6.45, 7) is -2.29. The highest BCUT2D eigenvalue weighted by molar-refractivity contribution is 5.27. The number of nitrogens with one attached hydrogen (secondary N) is 1. The van der Waals surface area contributed by atoms with Gasteiger partial charge in [-0.15, -0.1) is 0 Å². The van der Waals surface area contributed by atoms with Crippen LogP contribution in [0.1, 0.15) is 29.9 Å². The first kappa shape index (κ1) is 16.2. The smallest absolute Gasteiger partial charge is 0.321 e. The van der Waals surface area contributed by atoms with Crippen molar-refractivity contribution in [3.8, 4) is 0 Å². The van der Waals surface area contributed by atoms with E-state index in [0.29, 0.717) is 13.0 Å². The SMILES string of the molecule is FC(F)OC[C@@H]1CC[C@H](c2ccc(C(F)(F)F)cc2)CN1. The number of hydrogen-bond acceptors (Lipinski definition) is 2. The average Bonchev–Trinajstić information content (AvgIpc) is 2.45. The molecule has 7 heteroatoms. The van der Waals surface area contributed by atoms with E-state index in [1.807, 2.05) is 0 Å².